The van der Waals surface area contributed by atoms with Crippen molar-refractivity contribution in [1.82, 2.24) is 15.2 Å². The highest BCUT2D eigenvalue weighted by molar-refractivity contribution is 5.98. The number of carbonyl (C=O) groups excluding carboxylic acids is 3. The third kappa shape index (κ3) is 5.38. The van der Waals surface area contributed by atoms with Crippen molar-refractivity contribution in [2.24, 2.45) is 7.05 Å². The summed E-state index contributed by atoms with van der Waals surface area (Å²) in [6.07, 6.45) is -0.102. The van der Waals surface area contributed by atoms with Crippen LogP contribution in [0.15, 0.2) is 12.3 Å². The van der Waals surface area contributed by atoms with Gasteiger partial charge in [0.05, 0.1) is 11.1 Å². The van der Waals surface area contributed by atoms with Crippen molar-refractivity contribution in [2.45, 2.75) is 39.3 Å². The molecule has 1 aromatic rings. The van der Waals surface area contributed by atoms with Crippen LogP contribution in [0.25, 0.3) is 0 Å². The monoisotopic (exact) mass is 340 g/mol. The molecule has 1 atom stereocenters. The Morgan fingerprint density at radius 2 is 1.92 bits per heavy atom. The third-order valence-electron chi connectivity index (χ3n) is 2.79. The van der Waals surface area contributed by atoms with Gasteiger partial charge in [0, 0.05) is 18.7 Å². The zero-order valence-corrected chi connectivity index (χ0v) is 14.1. The Balaban J connectivity index is 2.68. The van der Waals surface area contributed by atoms with Crippen molar-refractivity contribution in [3.05, 3.63) is 28.1 Å². The molecule has 0 fully saturated rings. The van der Waals surface area contributed by atoms with Crippen molar-refractivity contribution >= 4 is 23.6 Å². The highest BCUT2D eigenvalue weighted by atomic mass is 16.6. The summed E-state index contributed by atoms with van der Waals surface area (Å²) in [5.41, 5.74) is -0.890. The first-order valence-corrected chi connectivity index (χ1v) is 7.05. The maximum absolute atomic E-state index is 12.0. The van der Waals surface area contributed by atoms with E-state index in [0.717, 1.165) is 12.3 Å². The molecule has 1 aromatic heterocycles. The number of nitrogens with zero attached hydrogens (tertiary/aromatic N) is 2. The predicted molar refractivity (Wildman–Crippen MR) is 83.4 cm³/mol. The lowest BCUT2D eigenvalue weighted by Crippen LogP contribution is -2.50. The van der Waals surface area contributed by atoms with Crippen LogP contribution in [0.4, 0.5) is 10.5 Å². The summed E-state index contributed by atoms with van der Waals surface area (Å²) in [5.74, 6) is -1.72. The van der Waals surface area contributed by atoms with E-state index in [1.807, 2.05) is 5.32 Å². The molecule has 10 nitrogen and oxygen atoms in total. The summed E-state index contributed by atoms with van der Waals surface area (Å²) < 4.78 is 6.15. The lowest BCUT2D eigenvalue weighted by molar-refractivity contribution is -0.384. The molecule has 24 heavy (non-hydrogen) atoms. The van der Waals surface area contributed by atoms with Gasteiger partial charge in [0.15, 0.2) is 6.10 Å². The van der Waals surface area contributed by atoms with Gasteiger partial charge in [0.2, 0.25) is 0 Å². The minimum atomic E-state index is -1.25. The van der Waals surface area contributed by atoms with Crippen LogP contribution in [-0.2, 0) is 16.6 Å². The molecule has 1 heterocycles. The Morgan fingerprint density at radius 3 is 2.38 bits per heavy atom. The van der Waals surface area contributed by atoms with Gasteiger partial charge in [-0.05, 0) is 27.7 Å². The summed E-state index contributed by atoms with van der Waals surface area (Å²) in [6.45, 7) is 6.50. The molecule has 0 aliphatic rings. The van der Waals surface area contributed by atoms with Crippen LogP contribution >= 0.6 is 0 Å². The van der Waals surface area contributed by atoms with E-state index in [1.165, 1.54) is 18.5 Å². The smallest absolute Gasteiger partial charge is 0.355 e. The molecule has 0 bridgehead atoms. The molecule has 0 saturated heterocycles. The minimum Gasteiger partial charge on any atom is -0.448 e. The molecular formula is C14H20N4O6. The zero-order valence-electron chi connectivity index (χ0n) is 14.1. The number of aryl methyl sites for hydroxylation is 1. The van der Waals surface area contributed by atoms with Crippen LogP contribution in [0.5, 0.6) is 0 Å². The van der Waals surface area contributed by atoms with Gasteiger partial charge in [0.1, 0.15) is 5.69 Å². The molecule has 1 unspecified atom stereocenters. The second-order valence-electron chi connectivity index (χ2n) is 6.19. The number of ether oxygens (including phenoxy) is 1. The number of nitro groups is 1. The van der Waals surface area contributed by atoms with E-state index in [9.17, 15) is 24.5 Å². The van der Waals surface area contributed by atoms with Crippen LogP contribution in [0, 0.1) is 10.1 Å². The van der Waals surface area contributed by atoms with E-state index in [1.54, 1.807) is 20.8 Å². The fourth-order valence-corrected chi connectivity index (χ4v) is 1.71. The molecule has 3 amide bonds. The van der Waals surface area contributed by atoms with E-state index in [4.69, 9.17) is 4.74 Å². The normalized spacial score (nSPS) is 12.2. The van der Waals surface area contributed by atoms with Crippen molar-refractivity contribution in [2.75, 3.05) is 0 Å². The number of imide groups is 1. The van der Waals surface area contributed by atoms with E-state index < -0.39 is 34.5 Å². The quantitative estimate of drug-likeness (QED) is 0.479. The predicted octanol–water partition coefficient (Wildman–Crippen LogP) is 1.10. The van der Waals surface area contributed by atoms with Gasteiger partial charge in [-0.3, -0.25) is 20.2 Å². The Kier molecular flexibility index (Phi) is 5.67. The molecule has 1 rings (SSSR count). The number of carbonyl (C=O) groups is 3. The number of hydrogen-bond acceptors (Lipinski definition) is 6. The van der Waals surface area contributed by atoms with Gasteiger partial charge in [-0.15, -0.1) is 0 Å². The summed E-state index contributed by atoms with van der Waals surface area (Å²) in [4.78, 5) is 45.5. The number of urea groups is 1. The standard InChI is InChI=1S/C14H20N4O6/c1-8(11(19)15-13(21)16-14(2,3)4)24-12(20)10-6-9(18(22)23)7-17(10)5/h6-8H,1-5H3,(H2,15,16,19,21). The molecule has 0 aliphatic heterocycles. The number of amides is 3. The Hall–Kier alpha value is -2.91. The number of rotatable bonds is 4. The number of hydrogen-bond donors (Lipinski definition) is 2. The molecular weight excluding hydrogens is 320 g/mol. The Bertz CT molecular complexity index is 673. The molecule has 0 radical (unpaired) electrons. The van der Waals surface area contributed by atoms with Crippen LogP contribution in [-0.4, -0.2) is 39.0 Å². The summed E-state index contributed by atoms with van der Waals surface area (Å²) in [5, 5.41) is 15.3. The molecule has 0 spiro atoms. The maximum atomic E-state index is 12.0. The first-order valence-electron chi connectivity index (χ1n) is 7.05. The molecule has 10 heteroatoms. The van der Waals surface area contributed by atoms with Crippen molar-refractivity contribution in [1.29, 1.82) is 0 Å². The highest BCUT2D eigenvalue weighted by Gasteiger charge is 2.25. The average Bonchev–Trinajstić information content (AvgIpc) is 2.78. The molecule has 0 saturated carbocycles. The maximum Gasteiger partial charge on any atom is 0.355 e. The van der Waals surface area contributed by atoms with Crippen LogP contribution < -0.4 is 10.6 Å². The zero-order chi connectivity index (χ0) is 18.7. The second-order valence-corrected chi connectivity index (χ2v) is 6.19. The average molecular weight is 340 g/mol. The largest absolute Gasteiger partial charge is 0.448 e. The fourth-order valence-electron chi connectivity index (χ4n) is 1.71. The molecule has 0 aromatic carbocycles. The van der Waals surface area contributed by atoms with Crippen LogP contribution in [0.1, 0.15) is 38.2 Å². The minimum absolute atomic E-state index is 0.0829. The number of nitrogens with one attached hydrogen (secondary N) is 2. The van der Waals surface area contributed by atoms with Crippen molar-refractivity contribution in [3.63, 3.8) is 0 Å². The third-order valence-corrected chi connectivity index (χ3v) is 2.79. The fraction of sp³-hybridized carbons (Fsp3) is 0.500. The Labute approximate surface area is 138 Å². The summed E-state index contributed by atoms with van der Waals surface area (Å²) in [7, 11) is 1.44. The van der Waals surface area contributed by atoms with E-state index in [0.29, 0.717) is 0 Å². The molecule has 2 N–H and O–H groups in total. The van der Waals surface area contributed by atoms with Gasteiger partial charge in [0.25, 0.3) is 11.6 Å². The van der Waals surface area contributed by atoms with Crippen molar-refractivity contribution in [3.8, 4) is 0 Å². The molecule has 132 valence electrons. The SMILES string of the molecule is CC(OC(=O)c1cc([N+](=O)[O-])cn1C)C(=O)NC(=O)NC(C)(C)C. The second kappa shape index (κ2) is 7.11. The van der Waals surface area contributed by atoms with E-state index >= 15 is 0 Å². The van der Waals surface area contributed by atoms with E-state index in [-0.39, 0.29) is 11.4 Å². The van der Waals surface area contributed by atoms with Gasteiger partial charge < -0.3 is 14.6 Å². The van der Waals surface area contributed by atoms with Gasteiger partial charge in [-0.25, -0.2) is 9.59 Å². The highest BCUT2D eigenvalue weighted by Crippen LogP contribution is 2.16. The van der Waals surface area contributed by atoms with Crippen molar-refractivity contribution < 1.29 is 24.0 Å². The topological polar surface area (TPSA) is 133 Å². The van der Waals surface area contributed by atoms with Crippen LogP contribution in [0.2, 0.25) is 0 Å². The summed E-state index contributed by atoms with van der Waals surface area (Å²) in [6, 6.07) is 0.323. The van der Waals surface area contributed by atoms with Gasteiger partial charge in [-0.2, -0.15) is 0 Å². The Morgan fingerprint density at radius 1 is 1.33 bits per heavy atom. The van der Waals surface area contributed by atoms with Gasteiger partial charge >= 0.3 is 12.0 Å². The first kappa shape index (κ1) is 19.1. The number of aromatic nitrogens is 1. The van der Waals surface area contributed by atoms with Crippen LogP contribution in [0.3, 0.4) is 0 Å². The number of esters is 1. The summed E-state index contributed by atoms with van der Waals surface area (Å²) >= 11 is 0. The molecule has 0 aliphatic carbocycles. The lowest BCUT2D eigenvalue weighted by Gasteiger charge is -2.21. The van der Waals surface area contributed by atoms with Gasteiger partial charge in [-0.1, -0.05) is 0 Å². The van der Waals surface area contributed by atoms with E-state index in [2.05, 4.69) is 5.32 Å². The first-order chi connectivity index (χ1) is 10.9. The lowest BCUT2D eigenvalue weighted by atomic mass is 10.1.